The molecule has 0 aliphatic heterocycles. The van der Waals surface area contributed by atoms with E-state index in [0.29, 0.717) is 21.6 Å². The van der Waals surface area contributed by atoms with Crippen molar-refractivity contribution in [1.82, 2.24) is 19.9 Å². The van der Waals surface area contributed by atoms with Gasteiger partial charge in [0.05, 0.1) is 23.4 Å². The number of rotatable bonds is 9. The van der Waals surface area contributed by atoms with E-state index in [4.69, 9.17) is 9.94 Å². The first-order valence-electron chi connectivity index (χ1n) is 8.41. The van der Waals surface area contributed by atoms with E-state index in [1.807, 2.05) is 30.3 Å². The van der Waals surface area contributed by atoms with Gasteiger partial charge in [0.25, 0.3) is 0 Å². The lowest BCUT2D eigenvalue weighted by atomic mass is 10.0. The molecule has 1 unspecified atom stereocenters. The highest BCUT2D eigenvalue weighted by Crippen LogP contribution is 2.30. The zero-order valence-corrected chi connectivity index (χ0v) is 17.3. The fraction of sp³-hybridized carbons (Fsp3) is 0.167. The first-order valence-corrected chi connectivity index (χ1v) is 10.5. The maximum absolute atomic E-state index is 11.9. The highest BCUT2D eigenvalue weighted by Gasteiger charge is 2.12. The molecule has 3 rings (SSSR count). The van der Waals surface area contributed by atoms with Crippen molar-refractivity contribution in [2.75, 3.05) is 25.4 Å². The molecule has 3 aromatic rings. The standard InChI is InChI=1S/C18H19N5O4S2/c1-19-29(26)15-5-3-11(4-6-15)12-7-13(9-14(8-12)23-27-2)17-20-18(22-21-17)28-10-16(24)25/h3-9,19,23H,10H2,1-2H3,(H,24,25)(H,20,21,22). The average molecular weight is 434 g/mol. The van der Waals surface area contributed by atoms with E-state index in [-0.39, 0.29) is 5.75 Å². The van der Waals surface area contributed by atoms with Crippen LogP contribution in [0.2, 0.25) is 0 Å². The molecule has 1 atom stereocenters. The molecule has 2 aromatic carbocycles. The Morgan fingerprint density at radius 3 is 2.59 bits per heavy atom. The summed E-state index contributed by atoms with van der Waals surface area (Å²) >= 11 is 1.04. The van der Waals surface area contributed by atoms with E-state index in [2.05, 4.69) is 25.4 Å². The molecule has 0 radical (unpaired) electrons. The number of aromatic nitrogens is 3. The Morgan fingerprint density at radius 2 is 1.93 bits per heavy atom. The van der Waals surface area contributed by atoms with Crippen molar-refractivity contribution in [2.24, 2.45) is 0 Å². The summed E-state index contributed by atoms with van der Waals surface area (Å²) in [6.07, 6.45) is 0. The van der Waals surface area contributed by atoms with E-state index in [9.17, 15) is 9.00 Å². The van der Waals surface area contributed by atoms with E-state index in [1.165, 1.54) is 7.11 Å². The van der Waals surface area contributed by atoms with Gasteiger partial charge in [-0.1, -0.05) is 23.9 Å². The second-order valence-electron chi connectivity index (χ2n) is 5.75. The topological polar surface area (TPSA) is 129 Å². The number of anilines is 1. The number of benzene rings is 2. The van der Waals surface area contributed by atoms with Crippen molar-refractivity contribution >= 4 is 34.4 Å². The Balaban J connectivity index is 1.94. The Bertz CT molecular complexity index is 1020. The lowest BCUT2D eigenvalue weighted by molar-refractivity contribution is -0.133. The van der Waals surface area contributed by atoms with Gasteiger partial charge < -0.3 is 5.11 Å². The van der Waals surface area contributed by atoms with Gasteiger partial charge >= 0.3 is 5.97 Å². The van der Waals surface area contributed by atoms with E-state index in [0.717, 1.165) is 28.5 Å². The first kappa shape index (κ1) is 21.0. The number of thioether (sulfide) groups is 1. The van der Waals surface area contributed by atoms with E-state index < -0.39 is 17.0 Å². The molecule has 0 spiro atoms. The summed E-state index contributed by atoms with van der Waals surface area (Å²) in [7, 11) is 1.90. The number of aromatic amines is 1. The quantitative estimate of drug-likeness (QED) is 0.299. The fourth-order valence-electron chi connectivity index (χ4n) is 2.56. The highest BCUT2D eigenvalue weighted by molar-refractivity contribution is 7.99. The summed E-state index contributed by atoms with van der Waals surface area (Å²) in [5.41, 5.74) is 6.08. The van der Waals surface area contributed by atoms with Crippen LogP contribution >= 0.6 is 11.8 Å². The number of carboxylic acid groups (broad SMARTS) is 1. The SMILES string of the molecule is CNS(=O)c1ccc(-c2cc(NOC)cc(-c3nc(SCC(=O)O)n[nH]3)c2)cc1. The number of hydrogen-bond acceptors (Lipinski definition) is 7. The molecule has 0 amide bonds. The summed E-state index contributed by atoms with van der Waals surface area (Å²) in [5.74, 6) is -0.543. The Kier molecular flexibility index (Phi) is 6.99. The molecule has 0 bridgehead atoms. The van der Waals surface area contributed by atoms with E-state index >= 15 is 0 Å². The molecule has 0 aliphatic carbocycles. The largest absolute Gasteiger partial charge is 0.481 e. The molecule has 9 nitrogen and oxygen atoms in total. The summed E-state index contributed by atoms with van der Waals surface area (Å²) in [4.78, 5) is 20.8. The third kappa shape index (κ3) is 5.41. The lowest BCUT2D eigenvalue weighted by Crippen LogP contribution is -2.10. The molecule has 0 saturated heterocycles. The minimum atomic E-state index is -1.25. The third-order valence-corrected chi connectivity index (χ3v) is 5.71. The van der Waals surface area contributed by atoms with Crippen LogP contribution in [-0.2, 0) is 20.6 Å². The van der Waals surface area contributed by atoms with Crippen LogP contribution < -0.4 is 10.2 Å². The maximum atomic E-state index is 11.9. The number of hydrogen-bond donors (Lipinski definition) is 4. The number of nitrogens with zero attached hydrogens (tertiary/aromatic N) is 2. The number of aliphatic carboxylic acids is 1. The summed E-state index contributed by atoms with van der Waals surface area (Å²) in [6.45, 7) is 0. The summed E-state index contributed by atoms with van der Waals surface area (Å²) in [5, 5.41) is 16.0. The maximum Gasteiger partial charge on any atom is 0.313 e. The van der Waals surface area contributed by atoms with Gasteiger partial charge in [-0.15, -0.1) is 5.10 Å². The van der Waals surface area contributed by atoms with Crippen LogP contribution in [0.15, 0.2) is 52.5 Å². The molecule has 0 fully saturated rings. The van der Waals surface area contributed by atoms with Crippen LogP contribution in [0.25, 0.3) is 22.5 Å². The molecule has 0 aliphatic rings. The molecule has 11 heteroatoms. The van der Waals surface area contributed by atoms with Gasteiger partial charge in [0.15, 0.2) is 5.82 Å². The monoisotopic (exact) mass is 433 g/mol. The first-order chi connectivity index (χ1) is 14.0. The summed E-state index contributed by atoms with van der Waals surface area (Å²) in [6, 6.07) is 13.0. The van der Waals surface area contributed by atoms with Gasteiger partial charge in [0.1, 0.15) is 11.0 Å². The predicted molar refractivity (Wildman–Crippen MR) is 112 cm³/mol. The van der Waals surface area contributed by atoms with Crippen molar-refractivity contribution in [3.63, 3.8) is 0 Å². The second-order valence-corrected chi connectivity index (χ2v) is 8.11. The Hall–Kier alpha value is -2.73. The van der Waals surface area contributed by atoms with Crippen molar-refractivity contribution in [3.8, 4) is 22.5 Å². The Morgan fingerprint density at radius 1 is 1.21 bits per heavy atom. The number of carbonyl (C=O) groups is 1. The third-order valence-electron chi connectivity index (χ3n) is 3.80. The molecule has 152 valence electrons. The fourth-order valence-corrected chi connectivity index (χ4v) is 3.70. The van der Waals surface area contributed by atoms with Crippen LogP contribution in [-0.4, -0.2) is 50.4 Å². The number of nitrogens with one attached hydrogen (secondary N) is 3. The highest BCUT2D eigenvalue weighted by atomic mass is 32.2. The van der Waals surface area contributed by atoms with Crippen LogP contribution in [0.3, 0.4) is 0 Å². The molecular weight excluding hydrogens is 414 g/mol. The average Bonchev–Trinajstić information content (AvgIpc) is 3.21. The van der Waals surface area contributed by atoms with Gasteiger partial charge in [-0.25, -0.2) is 13.9 Å². The van der Waals surface area contributed by atoms with Crippen molar-refractivity contribution in [1.29, 1.82) is 0 Å². The smallest absolute Gasteiger partial charge is 0.313 e. The molecule has 4 N–H and O–H groups in total. The second kappa shape index (κ2) is 9.65. The normalized spacial score (nSPS) is 11.9. The van der Waals surface area contributed by atoms with Crippen molar-refractivity contribution in [2.45, 2.75) is 10.1 Å². The van der Waals surface area contributed by atoms with Gasteiger partial charge in [-0.3, -0.25) is 20.2 Å². The van der Waals surface area contributed by atoms with Gasteiger partial charge in [-0.05, 0) is 48.5 Å². The minimum absolute atomic E-state index is 0.117. The van der Waals surface area contributed by atoms with Crippen molar-refractivity contribution < 1.29 is 18.9 Å². The lowest BCUT2D eigenvalue weighted by Gasteiger charge is -2.10. The molecule has 1 aromatic heterocycles. The van der Waals surface area contributed by atoms with Gasteiger partial charge in [-0.2, -0.15) is 0 Å². The molecule has 0 saturated carbocycles. The number of H-pyrrole nitrogens is 1. The minimum Gasteiger partial charge on any atom is -0.481 e. The van der Waals surface area contributed by atoms with Crippen LogP contribution in [0.5, 0.6) is 0 Å². The van der Waals surface area contributed by atoms with Crippen LogP contribution in [0.1, 0.15) is 0 Å². The molecular formula is C18H19N5O4S2. The van der Waals surface area contributed by atoms with Gasteiger partial charge in [0.2, 0.25) is 5.16 Å². The van der Waals surface area contributed by atoms with E-state index in [1.54, 1.807) is 19.2 Å². The van der Waals surface area contributed by atoms with Gasteiger partial charge in [0, 0.05) is 5.56 Å². The molecule has 29 heavy (non-hydrogen) atoms. The van der Waals surface area contributed by atoms with Crippen LogP contribution in [0, 0.1) is 0 Å². The zero-order valence-electron chi connectivity index (χ0n) is 15.6. The number of carboxylic acids is 1. The predicted octanol–water partition coefficient (Wildman–Crippen LogP) is 2.53. The molecule has 1 heterocycles. The van der Waals surface area contributed by atoms with Crippen molar-refractivity contribution in [3.05, 3.63) is 42.5 Å². The summed E-state index contributed by atoms with van der Waals surface area (Å²) < 4.78 is 14.6. The zero-order chi connectivity index (χ0) is 20.8. The Labute approximate surface area is 173 Å². The van der Waals surface area contributed by atoms with Crippen LogP contribution in [0.4, 0.5) is 5.69 Å².